The molecule has 1 aromatic heterocycles. The first-order valence-electron chi connectivity index (χ1n) is 7.50. The molecule has 2 N–H and O–H groups in total. The summed E-state index contributed by atoms with van der Waals surface area (Å²) in [6, 6.07) is 12.4. The zero-order valence-electron chi connectivity index (χ0n) is 13.5. The Kier molecular flexibility index (Phi) is 6.76. The van der Waals surface area contributed by atoms with E-state index in [-0.39, 0.29) is 12.3 Å². The first-order chi connectivity index (χ1) is 12.0. The van der Waals surface area contributed by atoms with Gasteiger partial charge in [0.15, 0.2) is 16.5 Å². The van der Waals surface area contributed by atoms with Gasteiger partial charge >= 0.3 is 5.97 Å². The lowest BCUT2D eigenvalue weighted by Gasteiger charge is -2.13. The van der Waals surface area contributed by atoms with E-state index < -0.39 is 23.9 Å². The Bertz CT molecular complexity index is 745. The SMILES string of the molecule is C[C@@H](OC(=O)CNC(=O)c1ccc(Br)o1)C(=O)NCc1ccccc1. The third-order valence-corrected chi connectivity index (χ3v) is 3.60. The van der Waals surface area contributed by atoms with Crippen molar-refractivity contribution in [2.45, 2.75) is 19.6 Å². The van der Waals surface area contributed by atoms with Crippen LogP contribution in [0.5, 0.6) is 0 Å². The zero-order chi connectivity index (χ0) is 18.2. The predicted octanol–water partition coefficient (Wildman–Crippen LogP) is 2.02. The fourth-order valence-electron chi connectivity index (χ4n) is 1.90. The molecule has 25 heavy (non-hydrogen) atoms. The molecular weight excluding hydrogens is 392 g/mol. The molecule has 0 fully saturated rings. The fourth-order valence-corrected chi connectivity index (χ4v) is 2.20. The largest absolute Gasteiger partial charge is 0.451 e. The van der Waals surface area contributed by atoms with Crippen LogP contribution in [0.4, 0.5) is 0 Å². The molecule has 132 valence electrons. The Labute approximate surface area is 152 Å². The molecule has 7 nitrogen and oxygen atoms in total. The molecule has 0 unspecified atom stereocenters. The molecule has 0 radical (unpaired) electrons. The van der Waals surface area contributed by atoms with Gasteiger partial charge < -0.3 is 19.8 Å². The second-order valence-corrected chi connectivity index (χ2v) is 5.90. The lowest BCUT2D eigenvalue weighted by Crippen LogP contribution is -2.38. The van der Waals surface area contributed by atoms with Gasteiger partial charge in [-0.1, -0.05) is 30.3 Å². The van der Waals surface area contributed by atoms with E-state index in [4.69, 9.17) is 9.15 Å². The van der Waals surface area contributed by atoms with Gasteiger partial charge in [0, 0.05) is 6.54 Å². The maximum Gasteiger partial charge on any atom is 0.326 e. The van der Waals surface area contributed by atoms with Crippen LogP contribution in [0.2, 0.25) is 0 Å². The maximum atomic E-state index is 11.9. The molecule has 0 aliphatic carbocycles. The molecule has 1 aromatic carbocycles. The third-order valence-electron chi connectivity index (χ3n) is 3.18. The smallest absolute Gasteiger partial charge is 0.326 e. The van der Waals surface area contributed by atoms with Gasteiger partial charge in [0.2, 0.25) is 0 Å². The van der Waals surface area contributed by atoms with Crippen molar-refractivity contribution in [1.29, 1.82) is 0 Å². The minimum atomic E-state index is -0.967. The van der Waals surface area contributed by atoms with Gasteiger partial charge in [-0.15, -0.1) is 0 Å². The number of halogens is 1. The second-order valence-electron chi connectivity index (χ2n) is 5.12. The second kappa shape index (κ2) is 9.03. The van der Waals surface area contributed by atoms with E-state index in [1.165, 1.54) is 13.0 Å². The summed E-state index contributed by atoms with van der Waals surface area (Å²) < 4.78 is 10.5. The first-order valence-corrected chi connectivity index (χ1v) is 8.29. The minimum Gasteiger partial charge on any atom is -0.451 e. The molecule has 0 saturated heterocycles. The highest BCUT2D eigenvalue weighted by Gasteiger charge is 2.18. The average Bonchev–Trinajstić information content (AvgIpc) is 3.05. The summed E-state index contributed by atoms with van der Waals surface area (Å²) in [6.07, 6.45) is -0.967. The van der Waals surface area contributed by atoms with Crippen molar-refractivity contribution >= 4 is 33.7 Å². The summed E-state index contributed by atoms with van der Waals surface area (Å²) >= 11 is 3.08. The van der Waals surface area contributed by atoms with E-state index in [9.17, 15) is 14.4 Å². The summed E-state index contributed by atoms with van der Waals surface area (Å²) in [5, 5.41) is 5.03. The number of hydrogen-bond donors (Lipinski definition) is 2. The third kappa shape index (κ3) is 6.07. The number of carbonyl (C=O) groups excluding carboxylic acids is 3. The highest BCUT2D eigenvalue weighted by atomic mass is 79.9. The Morgan fingerprint density at radius 1 is 1.12 bits per heavy atom. The first kappa shape index (κ1) is 18.7. The number of amides is 2. The molecule has 1 atom stereocenters. The van der Waals surface area contributed by atoms with Gasteiger partial charge in [0.05, 0.1) is 0 Å². The molecule has 2 aromatic rings. The average molecular weight is 409 g/mol. The molecule has 0 aliphatic rings. The molecule has 0 saturated carbocycles. The van der Waals surface area contributed by atoms with Gasteiger partial charge in [-0.3, -0.25) is 14.4 Å². The van der Waals surface area contributed by atoms with Gasteiger partial charge in [-0.2, -0.15) is 0 Å². The molecule has 8 heteroatoms. The van der Waals surface area contributed by atoms with E-state index in [1.807, 2.05) is 30.3 Å². The van der Waals surface area contributed by atoms with Crippen LogP contribution < -0.4 is 10.6 Å². The number of benzene rings is 1. The minimum absolute atomic E-state index is 0.0633. The maximum absolute atomic E-state index is 11.9. The molecule has 0 spiro atoms. The Hall–Kier alpha value is -2.61. The molecule has 2 amide bonds. The predicted molar refractivity (Wildman–Crippen MR) is 92.6 cm³/mol. The molecule has 1 heterocycles. The highest BCUT2D eigenvalue weighted by Crippen LogP contribution is 2.13. The van der Waals surface area contributed by atoms with Gasteiger partial charge in [0.1, 0.15) is 6.54 Å². The van der Waals surface area contributed by atoms with Gasteiger partial charge in [0.25, 0.3) is 11.8 Å². The quantitative estimate of drug-likeness (QED) is 0.682. The van der Waals surface area contributed by atoms with Crippen LogP contribution in [0.25, 0.3) is 0 Å². The fraction of sp³-hybridized carbons (Fsp3) is 0.235. The van der Waals surface area contributed by atoms with Gasteiger partial charge in [-0.25, -0.2) is 0 Å². The van der Waals surface area contributed by atoms with Crippen molar-refractivity contribution in [2.24, 2.45) is 0 Å². The number of rotatable bonds is 7. The van der Waals surface area contributed by atoms with Gasteiger partial charge in [-0.05, 0) is 40.5 Å². The number of nitrogens with one attached hydrogen (secondary N) is 2. The normalized spacial score (nSPS) is 11.4. The molecule has 2 rings (SSSR count). The Morgan fingerprint density at radius 2 is 1.84 bits per heavy atom. The monoisotopic (exact) mass is 408 g/mol. The Balaban J connectivity index is 1.71. The van der Waals surface area contributed by atoms with E-state index >= 15 is 0 Å². The lowest BCUT2D eigenvalue weighted by atomic mass is 10.2. The number of carbonyl (C=O) groups is 3. The van der Waals surface area contributed by atoms with Crippen LogP contribution in [-0.4, -0.2) is 30.4 Å². The lowest BCUT2D eigenvalue weighted by molar-refractivity contribution is -0.153. The van der Waals surface area contributed by atoms with Crippen LogP contribution in [0, 0.1) is 0 Å². The summed E-state index contributed by atoms with van der Waals surface area (Å²) in [6.45, 7) is 1.43. The van der Waals surface area contributed by atoms with E-state index in [1.54, 1.807) is 6.07 Å². The van der Waals surface area contributed by atoms with E-state index in [0.29, 0.717) is 11.2 Å². The number of furan rings is 1. The summed E-state index contributed by atoms with van der Waals surface area (Å²) in [7, 11) is 0. The molecule has 0 bridgehead atoms. The van der Waals surface area contributed by atoms with Crippen LogP contribution >= 0.6 is 15.9 Å². The van der Waals surface area contributed by atoms with E-state index in [2.05, 4.69) is 26.6 Å². The van der Waals surface area contributed by atoms with Crippen molar-refractivity contribution in [3.8, 4) is 0 Å². The van der Waals surface area contributed by atoms with E-state index in [0.717, 1.165) is 5.56 Å². The van der Waals surface area contributed by atoms with Crippen LogP contribution in [0.3, 0.4) is 0 Å². The van der Waals surface area contributed by atoms with Crippen molar-refractivity contribution in [1.82, 2.24) is 10.6 Å². The molecular formula is C17H17BrN2O5. The topological polar surface area (TPSA) is 97.6 Å². The van der Waals surface area contributed by atoms with Crippen LogP contribution in [0.1, 0.15) is 23.0 Å². The van der Waals surface area contributed by atoms with Crippen molar-refractivity contribution in [3.63, 3.8) is 0 Å². The van der Waals surface area contributed by atoms with Crippen molar-refractivity contribution in [2.75, 3.05) is 6.54 Å². The Morgan fingerprint density at radius 3 is 2.48 bits per heavy atom. The standard InChI is InChI=1S/C17H17BrN2O5/c1-11(16(22)19-9-12-5-3-2-4-6-12)24-15(21)10-20-17(23)13-7-8-14(18)25-13/h2-8,11H,9-10H2,1H3,(H,19,22)(H,20,23)/t11-/m1/s1. The highest BCUT2D eigenvalue weighted by molar-refractivity contribution is 9.10. The van der Waals surface area contributed by atoms with Crippen LogP contribution in [-0.2, 0) is 20.9 Å². The van der Waals surface area contributed by atoms with Crippen LogP contribution in [0.15, 0.2) is 51.6 Å². The number of hydrogen-bond acceptors (Lipinski definition) is 5. The molecule has 0 aliphatic heterocycles. The summed E-state index contributed by atoms with van der Waals surface area (Å²) in [4.78, 5) is 35.4. The number of esters is 1. The summed E-state index contributed by atoms with van der Waals surface area (Å²) in [5.74, 6) is -1.63. The van der Waals surface area contributed by atoms with Crippen molar-refractivity contribution in [3.05, 3.63) is 58.5 Å². The zero-order valence-corrected chi connectivity index (χ0v) is 15.0. The van der Waals surface area contributed by atoms with Crippen molar-refractivity contribution < 1.29 is 23.5 Å². The summed E-state index contributed by atoms with van der Waals surface area (Å²) in [5.41, 5.74) is 0.936. The number of ether oxygens (including phenoxy) is 1.